The van der Waals surface area contributed by atoms with Crippen LogP contribution in [0.25, 0.3) is 11.4 Å². The number of morpholine rings is 1. The highest BCUT2D eigenvalue weighted by atomic mass is 35.5. The molecular formula is C18H17ClN6O3. The van der Waals surface area contributed by atoms with Crippen molar-refractivity contribution in [3.8, 4) is 17.3 Å². The molecule has 2 aromatic heterocycles. The third-order valence-corrected chi connectivity index (χ3v) is 4.50. The lowest BCUT2D eigenvalue weighted by Gasteiger charge is -2.32. The van der Waals surface area contributed by atoms with Gasteiger partial charge in [-0.15, -0.1) is 10.2 Å². The van der Waals surface area contributed by atoms with E-state index in [1.54, 1.807) is 41.3 Å². The summed E-state index contributed by atoms with van der Waals surface area (Å²) < 4.78 is 11.3. The SMILES string of the molecule is O=C(c1ccc(-c2nn[nH]n2)cc1)N1CCOC(COc2ccc(Cl)cn2)C1. The van der Waals surface area contributed by atoms with E-state index in [0.29, 0.717) is 48.6 Å². The first-order chi connectivity index (χ1) is 13.7. The van der Waals surface area contributed by atoms with Crippen LogP contribution in [0.4, 0.5) is 0 Å². The number of aromatic amines is 1. The van der Waals surface area contributed by atoms with Crippen molar-refractivity contribution < 1.29 is 14.3 Å². The van der Waals surface area contributed by atoms with Crippen LogP contribution in [0.1, 0.15) is 10.4 Å². The first-order valence-electron chi connectivity index (χ1n) is 8.68. The smallest absolute Gasteiger partial charge is 0.254 e. The number of ether oxygens (including phenoxy) is 2. The van der Waals surface area contributed by atoms with E-state index in [1.807, 2.05) is 0 Å². The van der Waals surface area contributed by atoms with E-state index in [0.717, 1.165) is 5.56 Å². The first kappa shape index (κ1) is 18.3. The van der Waals surface area contributed by atoms with Crippen LogP contribution in [0.15, 0.2) is 42.6 Å². The number of benzene rings is 1. The number of carbonyl (C=O) groups excluding carboxylic acids is 1. The maximum absolute atomic E-state index is 12.8. The fourth-order valence-electron chi connectivity index (χ4n) is 2.86. The third kappa shape index (κ3) is 4.26. The Morgan fingerprint density at radius 1 is 1.29 bits per heavy atom. The van der Waals surface area contributed by atoms with Gasteiger partial charge in [-0.25, -0.2) is 4.98 Å². The monoisotopic (exact) mass is 400 g/mol. The molecule has 9 nitrogen and oxygen atoms in total. The fourth-order valence-corrected chi connectivity index (χ4v) is 2.97. The zero-order chi connectivity index (χ0) is 19.3. The molecule has 1 fully saturated rings. The molecule has 0 saturated carbocycles. The number of tetrazole rings is 1. The fraction of sp³-hybridized carbons (Fsp3) is 0.278. The third-order valence-electron chi connectivity index (χ3n) is 4.28. The molecule has 0 spiro atoms. The van der Waals surface area contributed by atoms with Crippen LogP contribution in [0.3, 0.4) is 0 Å². The number of H-pyrrole nitrogens is 1. The molecule has 4 rings (SSSR count). The lowest BCUT2D eigenvalue weighted by molar-refractivity contribution is -0.0407. The van der Waals surface area contributed by atoms with E-state index >= 15 is 0 Å². The zero-order valence-electron chi connectivity index (χ0n) is 14.8. The first-order valence-corrected chi connectivity index (χ1v) is 9.06. The van der Waals surface area contributed by atoms with Crippen molar-refractivity contribution in [2.45, 2.75) is 6.10 Å². The molecule has 144 valence electrons. The molecule has 0 bridgehead atoms. The van der Waals surface area contributed by atoms with Gasteiger partial charge < -0.3 is 14.4 Å². The Morgan fingerprint density at radius 2 is 2.14 bits per heavy atom. The van der Waals surface area contributed by atoms with Gasteiger partial charge in [-0.3, -0.25) is 4.79 Å². The van der Waals surface area contributed by atoms with Crippen LogP contribution in [-0.2, 0) is 4.74 Å². The summed E-state index contributed by atoms with van der Waals surface area (Å²) in [4.78, 5) is 18.7. The molecule has 3 heterocycles. The second-order valence-electron chi connectivity index (χ2n) is 6.18. The van der Waals surface area contributed by atoms with Crippen molar-refractivity contribution in [1.29, 1.82) is 0 Å². The molecule has 1 atom stereocenters. The van der Waals surface area contributed by atoms with Gasteiger partial charge in [0, 0.05) is 29.9 Å². The summed E-state index contributed by atoms with van der Waals surface area (Å²) in [6.45, 7) is 1.73. The number of pyridine rings is 1. The molecule has 28 heavy (non-hydrogen) atoms. The second kappa shape index (κ2) is 8.32. The van der Waals surface area contributed by atoms with Crippen molar-refractivity contribution in [1.82, 2.24) is 30.5 Å². The Hall–Kier alpha value is -3.04. The van der Waals surface area contributed by atoms with Gasteiger partial charge in [-0.2, -0.15) is 5.21 Å². The molecule has 1 unspecified atom stereocenters. The van der Waals surface area contributed by atoms with Gasteiger partial charge in [-0.1, -0.05) is 23.7 Å². The Bertz CT molecular complexity index is 918. The Kier molecular flexibility index (Phi) is 5.45. The molecular weight excluding hydrogens is 384 g/mol. The van der Waals surface area contributed by atoms with E-state index in [2.05, 4.69) is 25.6 Å². The quantitative estimate of drug-likeness (QED) is 0.696. The Labute approximate surface area is 165 Å². The van der Waals surface area contributed by atoms with E-state index in [9.17, 15) is 4.79 Å². The summed E-state index contributed by atoms with van der Waals surface area (Å²) in [5.74, 6) is 0.893. The molecule has 1 aliphatic heterocycles. The van der Waals surface area contributed by atoms with Crippen LogP contribution in [0, 0.1) is 0 Å². The number of hydrogen-bond donors (Lipinski definition) is 1. The van der Waals surface area contributed by atoms with Crippen molar-refractivity contribution in [2.75, 3.05) is 26.3 Å². The van der Waals surface area contributed by atoms with Gasteiger partial charge in [0.1, 0.15) is 12.7 Å². The van der Waals surface area contributed by atoms with Gasteiger partial charge in [0.15, 0.2) is 0 Å². The molecule has 10 heteroatoms. The number of nitrogens with one attached hydrogen (secondary N) is 1. The number of carbonyl (C=O) groups is 1. The van der Waals surface area contributed by atoms with Crippen molar-refractivity contribution in [2.24, 2.45) is 0 Å². The number of rotatable bonds is 5. The average Bonchev–Trinajstić information content (AvgIpc) is 3.28. The average molecular weight is 401 g/mol. The maximum atomic E-state index is 12.8. The molecule has 1 N–H and O–H groups in total. The number of amides is 1. The highest BCUT2D eigenvalue weighted by molar-refractivity contribution is 6.30. The van der Waals surface area contributed by atoms with Crippen molar-refractivity contribution in [3.63, 3.8) is 0 Å². The van der Waals surface area contributed by atoms with Gasteiger partial charge >= 0.3 is 0 Å². The Balaban J connectivity index is 1.35. The minimum absolute atomic E-state index is 0.0578. The van der Waals surface area contributed by atoms with Crippen LogP contribution >= 0.6 is 11.6 Å². The summed E-state index contributed by atoms with van der Waals surface area (Å²) in [5, 5.41) is 14.3. The summed E-state index contributed by atoms with van der Waals surface area (Å²) in [6.07, 6.45) is 1.29. The van der Waals surface area contributed by atoms with Crippen LogP contribution in [-0.4, -0.2) is 68.8 Å². The van der Waals surface area contributed by atoms with Crippen LogP contribution in [0.2, 0.25) is 5.02 Å². The topological polar surface area (TPSA) is 106 Å². The normalized spacial score (nSPS) is 16.8. The van der Waals surface area contributed by atoms with E-state index in [4.69, 9.17) is 21.1 Å². The number of halogens is 1. The zero-order valence-corrected chi connectivity index (χ0v) is 15.5. The van der Waals surface area contributed by atoms with E-state index < -0.39 is 0 Å². The predicted octanol–water partition coefficient (Wildman–Crippen LogP) is 1.84. The van der Waals surface area contributed by atoms with E-state index in [-0.39, 0.29) is 12.0 Å². The number of hydrogen-bond acceptors (Lipinski definition) is 7. The second-order valence-corrected chi connectivity index (χ2v) is 6.62. The van der Waals surface area contributed by atoms with Gasteiger partial charge in [-0.05, 0) is 23.4 Å². The van der Waals surface area contributed by atoms with Crippen LogP contribution < -0.4 is 4.74 Å². The minimum Gasteiger partial charge on any atom is -0.475 e. The highest BCUT2D eigenvalue weighted by Gasteiger charge is 2.25. The minimum atomic E-state index is -0.228. The molecule has 0 aliphatic carbocycles. The number of nitrogens with zero attached hydrogens (tertiary/aromatic N) is 5. The molecule has 1 amide bonds. The molecule has 3 aromatic rings. The summed E-state index contributed by atoms with van der Waals surface area (Å²) in [7, 11) is 0. The number of aromatic nitrogens is 5. The largest absolute Gasteiger partial charge is 0.475 e. The lowest BCUT2D eigenvalue weighted by atomic mass is 10.1. The highest BCUT2D eigenvalue weighted by Crippen LogP contribution is 2.17. The van der Waals surface area contributed by atoms with Crippen molar-refractivity contribution in [3.05, 3.63) is 53.2 Å². The molecule has 1 saturated heterocycles. The van der Waals surface area contributed by atoms with Gasteiger partial charge in [0.25, 0.3) is 5.91 Å². The molecule has 0 radical (unpaired) electrons. The summed E-state index contributed by atoms with van der Waals surface area (Å²) in [6, 6.07) is 10.5. The molecule has 1 aliphatic rings. The molecule has 1 aromatic carbocycles. The summed E-state index contributed by atoms with van der Waals surface area (Å²) >= 11 is 5.81. The van der Waals surface area contributed by atoms with E-state index in [1.165, 1.54) is 6.20 Å². The predicted molar refractivity (Wildman–Crippen MR) is 100.0 cm³/mol. The van der Waals surface area contributed by atoms with Crippen LogP contribution in [0.5, 0.6) is 5.88 Å². The Morgan fingerprint density at radius 3 is 2.86 bits per heavy atom. The summed E-state index contributed by atoms with van der Waals surface area (Å²) in [5.41, 5.74) is 1.38. The maximum Gasteiger partial charge on any atom is 0.254 e. The standard InChI is InChI=1S/C18H17ClN6O3/c19-14-5-6-16(20-9-14)28-11-15-10-25(7-8-27-15)18(26)13-3-1-12(2-4-13)17-21-23-24-22-17/h1-6,9,15H,7-8,10-11H2,(H,21,22,23,24). The van der Waals surface area contributed by atoms with Gasteiger partial charge in [0.05, 0.1) is 18.2 Å². The van der Waals surface area contributed by atoms with Crippen molar-refractivity contribution >= 4 is 17.5 Å². The van der Waals surface area contributed by atoms with Gasteiger partial charge in [0.2, 0.25) is 11.7 Å². The lowest BCUT2D eigenvalue weighted by Crippen LogP contribution is -2.47.